The average molecular weight is 204 g/mol. The molecule has 1 heterocycles. The Bertz CT molecular complexity index is 336. The number of hydrogen-bond donors (Lipinski definition) is 0. The van der Waals surface area contributed by atoms with Gasteiger partial charge in [0.1, 0.15) is 5.82 Å². The molecule has 0 saturated carbocycles. The number of halogens is 3. The zero-order valence-corrected chi connectivity index (χ0v) is 7.50. The molecule has 0 fully saturated rings. The highest BCUT2D eigenvalue weighted by molar-refractivity contribution is 7.99. The van der Waals surface area contributed by atoms with Crippen molar-refractivity contribution in [2.75, 3.05) is 5.75 Å². The second-order valence-electron chi connectivity index (χ2n) is 2.94. The Morgan fingerprint density at radius 3 is 2.85 bits per heavy atom. The lowest BCUT2D eigenvalue weighted by molar-refractivity contribution is -0.0116. The Morgan fingerprint density at radius 1 is 1.31 bits per heavy atom. The summed E-state index contributed by atoms with van der Waals surface area (Å²) in [5.74, 6) is -2.89. The van der Waals surface area contributed by atoms with E-state index in [1.165, 1.54) is 23.9 Å². The van der Waals surface area contributed by atoms with Crippen LogP contribution in [0.2, 0.25) is 0 Å². The summed E-state index contributed by atoms with van der Waals surface area (Å²) in [6.45, 7) is 0. The molecule has 13 heavy (non-hydrogen) atoms. The zero-order valence-electron chi connectivity index (χ0n) is 6.69. The molecule has 0 radical (unpaired) electrons. The van der Waals surface area contributed by atoms with Crippen LogP contribution in [0.4, 0.5) is 13.2 Å². The number of thioether (sulfide) groups is 1. The van der Waals surface area contributed by atoms with Crippen LogP contribution in [0.25, 0.3) is 0 Å². The van der Waals surface area contributed by atoms with E-state index in [4.69, 9.17) is 0 Å². The molecule has 1 aliphatic heterocycles. The third-order valence-electron chi connectivity index (χ3n) is 2.01. The topological polar surface area (TPSA) is 0 Å². The third-order valence-corrected chi connectivity index (χ3v) is 3.07. The van der Waals surface area contributed by atoms with E-state index in [0.29, 0.717) is 10.6 Å². The predicted molar refractivity (Wildman–Crippen MR) is 45.6 cm³/mol. The van der Waals surface area contributed by atoms with Crippen molar-refractivity contribution in [3.63, 3.8) is 0 Å². The Morgan fingerprint density at radius 2 is 2.08 bits per heavy atom. The van der Waals surface area contributed by atoms with E-state index in [2.05, 4.69) is 0 Å². The molecule has 1 aromatic rings. The SMILES string of the molecule is Fc1ccc2c(c1)SCCC2(F)F. The largest absolute Gasteiger partial charge is 0.275 e. The van der Waals surface area contributed by atoms with Crippen molar-refractivity contribution in [3.8, 4) is 0 Å². The van der Waals surface area contributed by atoms with Gasteiger partial charge in [0.15, 0.2) is 0 Å². The lowest BCUT2D eigenvalue weighted by Crippen LogP contribution is -2.19. The van der Waals surface area contributed by atoms with Gasteiger partial charge in [0.2, 0.25) is 0 Å². The monoisotopic (exact) mass is 204 g/mol. The molecule has 1 aliphatic rings. The molecule has 0 saturated heterocycles. The summed E-state index contributed by atoms with van der Waals surface area (Å²) in [6.07, 6.45) is -0.156. The lowest BCUT2D eigenvalue weighted by Gasteiger charge is -2.24. The van der Waals surface area contributed by atoms with Crippen molar-refractivity contribution in [2.45, 2.75) is 17.2 Å². The summed E-state index contributed by atoms with van der Waals surface area (Å²) in [5.41, 5.74) is -0.0369. The number of benzene rings is 1. The van der Waals surface area contributed by atoms with Gasteiger partial charge in [-0.3, -0.25) is 0 Å². The van der Waals surface area contributed by atoms with Gasteiger partial charge in [0, 0.05) is 22.6 Å². The summed E-state index contributed by atoms with van der Waals surface area (Å²) < 4.78 is 39.1. The van der Waals surface area contributed by atoms with Gasteiger partial charge < -0.3 is 0 Å². The fourth-order valence-electron chi connectivity index (χ4n) is 1.34. The second kappa shape index (κ2) is 2.94. The van der Waals surface area contributed by atoms with E-state index in [1.54, 1.807) is 0 Å². The maximum atomic E-state index is 13.2. The Labute approximate surface area is 78.1 Å². The molecule has 2 rings (SSSR count). The van der Waals surface area contributed by atoms with Crippen molar-refractivity contribution < 1.29 is 13.2 Å². The van der Waals surface area contributed by atoms with Gasteiger partial charge >= 0.3 is 0 Å². The van der Waals surface area contributed by atoms with Gasteiger partial charge in [-0.05, 0) is 18.2 Å². The summed E-state index contributed by atoms with van der Waals surface area (Å²) in [4.78, 5) is 0.372. The number of hydrogen-bond acceptors (Lipinski definition) is 1. The van der Waals surface area contributed by atoms with Crippen LogP contribution < -0.4 is 0 Å². The molecular weight excluding hydrogens is 197 g/mol. The molecule has 0 unspecified atom stereocenters. The minimum absolute atomic E-state index is 0.0369. The van der Waals surface area contributed by atoms with Gasteiger partial charge in [0.25, 0.3) is 5.92 Å². The van der Waals surface area contributed by atoms with Gasteiger partial charge in [-0.2, -0.15) is 0 Å². The molecular formula is C9H7F3S. The maximum Gasteiger partial charge on any atom is 0.275 e. The molecule has 0 N–H and O–H groups in total. The van der Waals surface area contributed by atoms with Gasteiger partial charge in [-0.25, -0.2) is 13.2 Å². The first kappa shape index (κ1) is 8.94. The quantitative estimate of drug-likeness (QED) is 0.624. The molecule has 0 atom stereocenters. The minimum Gasteiger partial charge on any atom is -0.207 e. The molecule has 4 heteroatoms. The highest BCUT2D eigenvalue weighted by Crippen LogP contribution is 2.43. The van der Waals surface area contributed by atoms with Gasteiger partial charge in [-0.15, -0.1) is 11.8 Å². The lowest BCUT2D eigenvalue weighted by atomic mass is 10.1. The first-order valence-corrected chi connectivity index (χ1v) is 4.89. The van der Waals surface area contributed by atoms with Crippen molar-refractivity contribution >= 4 is 11.8 Å². The first-order valence-electron chi connectivity index (χ1n) is 3.90. The minimum atomic E-state index is -2.78. The second-order valence-corrected chi connectivity index (χ2v) is 4.08. The third kappa shape index (κ3) is 1.55. The smallest absolute Gasteiger partial charge is 0.207 e. The van der Waals surface area contributed by atoms with Crippen molar-refractivity contribution in [2.24, 2.45) is 0 Å². The maximum absolute atomic E-state index is 13.2. The van der Waals surface area contributed by atoms with E-state index in [0.717, 1.165) is 6.07 Å². The van der Waals surface area contributed by atoms with E-state index >= 15 is 0 Å². The number of rotatable bonds is 0. The predicted octanol–water partition coefficient (Wildman–Crippen LogP) is 3.41. The van der Waals surface area contributed by atoms with Crippen molar-refractivity contribution in [1.82, 2.24) is 0 Å². The molecule has 0 nitrogen and oxygen atoms in total. The van der Waals surface area contributed by atoms with Crippen LogP contribution in [-0.2, 0) is 5.92 Å². The van der Waals surface area contributed by atoms with Crippen LogP contribution in [0.1, 0.15) is 12.0 Å². The molecule has 0 bridgehead atoms. The van der Waals surface area contributed by atoms with E-state index in [-0.39, 0.29) is 12.0 Å². The van der Waals surface area contributed by atoms with Crippen LogP contribution in [0.5, 0.6) is 0 Å². The van der Waals surface area contributed by atoms with E-state index in [9.17, 15) is 13.2 Å². The molecule has 0 aliphatic carbocycles. The fourth-order valence-corrected chi connectivity index (χ4v) is 2.49. The van der Waals surface area contributed by atoms with Crippen LogP contribution in [0.3, 0.4) is 0 Å². The van der Waals surface area contributed by atoms with E-state index in [1.807, 2.05) is 0 Å². The fraction of sp³-hybridized carbons (Fsp3) is 0.333. The Hall–Kier alpha value is -0.640. The summed E-state index contributed by atoms with van der Waals surface area (Å²) >= 11 is 1.29. The first-order chi connectivity index (χ1) is 6.09. The average Bonchev–Trinajstić information content (AvgIpc) is 2.02. The van der Waals surface area contributed by atoms with Crippen LogP contribution in [0.15, 0.2) is 23.1 Å². The summed E-state index contributed by atoms with van der Waals surface area (Å²) in [6, 6.07) is 3.43. The molecule has 0 aromatic heterocycles. The normalized spacial score (nSPS) is 19.6. The summed E-state index contributed by atoms with van der Waals surface area (Å²) in [7, 11) is 0. The van der Waals surface area contributed by atoms with Crippen molar-refractivity contribution in [1.29, 1.82) is 0 Å². The van der Waals surface area contributed by atoms with Gasteiger partial charge in [0.05, 0.1) is 0 Å². The summed E-state index contributed by atoms with van der Waals surface area (Å²) in [5, 5.41) is 0. The Balaban J connectivity index is 2.53. The van der Waals surface area contributed by atoms with Crippen LogP contribution in [-0.4, -0.2) is 5.75 Å². The molecule has 1 aromatic carbocycles. The number of fused-ring (bicyclic) bond motifs is 1. The standard InChI is InChI=1S/C9H7F3S/c10-6-1-2-7-8(5-6)13-4-3-9(7,11)12/h1-2,5H,3-4H2. The molecule has 0 spiro atoms. The highest BCUT2D eigenvalue weighted by atomic mass is 32.2. The zero-order chi connectivity index (χ0) is 9.47. The molecule has 70 valence electrons. The van der Waals surface area contributed by atoms with E-state index < -0.39 is 11.7 Å². The van der Waals surface area contributed by atoms with Crippen molar-refractivity contribution in [3.05, 3.63) is 29.6 Å². The van der Waals surface area contributed by atoms with Crippen LogP contribution >= 0.6 is 11.8 Å². The van der Waals surface area contributed by atoms with Gasteiger partial charge in [-0.1, -0.05) is 0 Å². The van der Waals surface area contributed by atoms with Crippen LogP contribution in [0, 0.1) is 5.82 Å². The molecule has 0 amide bonds. The number of alkyl halides is 2. The highest BCUT2D eigenvalue weighted by Gasteiger charge is 2.36. The Kier molecular flexibility index (Phi) is 2.02.